The highest BCUT2D eigenvalue weighted by molar-refractivity contribution is 5.75. The molecule has 4 heterocycles. The Kier molecular flexibility index (Phi) is 4.87. The lowest BCUT2D eigenvalue weighted by Gasteiger charge is -2.70. The third-order valence-electron chi connectivity index (χ3n) is 8.03. The Balaban J connectivity index is 1.37. The molecule has 0 unspecified atom stereocenters. The average Bonchev–Trinajstić information content (AvgIpc) is 2.77. The molecule has 7 nitrogen and oxygen atoms in total. The predicted molar refractivity (Wildman–Crippen MR) is 120 cm³/mol. The van der Waals surface area contributed by atoms with Crippen molar-refractivity contribution in [3.8, 4) is 5.88 Å². The topological polar surface area (TPSA) is 82.9 Å². The van der Waals surface area contributed by atoms with Gasteiger partial charge in [0.05, 0.1) is 35.3 Å². The zero-order chi connectivity index (χ0) is 24.6. The third kappa shape index (κ3) is 3.40. The van der Waals surface area contributed by atoms with Crippen LogP contribution in [0.25, 0.3) is 11.2 Å². The molecular formula is C25H26F3N5O2. The van der Waals surface area contributed by atoms with Gasteiger partial charge in [0.2, 0.25) is 5.88 Å². The number of alkyl halides is 3. The van der Waals surface area contributed by atoms with Crippen LogP contribution >= 0.6 is 0 Å². The van der Waals surface area contributed by atoms with Gasteiger partial charge in [-0.15, -0.1) is 0 Å². The van der Waals surface area contributed by atoms with Crippen molar-refractivity contribution in [1.29, 1.82) is 0 Å². The van der Waals surface area contributed by atoms with Crippen LogP contribution in [0.2, 0.25) is 0 Å². The van der Waals surface area contributed by atoms with E-state index in [0.717, 1.165) is 17.1 Å². The van der Waals surface area contributed by atoms with Crippen LogP contribution in [0.1, 0.15) is 72.7 Å². The first-order valence-electron chi connectivity index (χ1n) is 11.9. The van der Waals surface area contributed by atoms with Gasteiger partial charge in [-0.2, -0.15) is 13.2 Å². The molecule has 0 N–H and O–H groups in total. The van der Waals surface area contributed by atoms with Gasteiger partial charge in [-0.25, -0.2) is 24.9 Å². The van der Waals surface area contributed by atoms with Gasteiger partial charge in [0.25, 0.3) is 0 Å². The molecule has 10 heteroatoms. The van der Waals surface area contributed by atoms with Crippen LogP contribution < -0.4 is 4.74 Å². The first kappa shape index (κ1) is 22.6. The van der Waals surface area contributed by atoms with Crippen molar-refractivity contribution in [2.24, 2.45) is 5.41 Å². The van der Waals surface area contributed by atoms with Crippen LogP contribution in [0.4, 0.5) is 13.2 Å². The Morgan fingerprint density at radius 1 is 1.00 bits per heavy atom. The maximum atomic E-state index is 13.6. The second-order valence-electron chi connectivity index (χ2n) is 10.3. The Morgan fingerprint density at radius 3 is 2.46 bits per heavy atom. The highest BCUT2D eigenvalue weighted by Crippen LogP contribution is 2.78. The summed E-state index contributed by atoms with van der Waals surface area (Å²) >= 11 is 0. The predicted octanol–water partition coefficient (Wildman–Crippen LogP) is 5.06. The second-order valence-corrected chi connectivity index (χ2v) is 10.3. The van der Waals surface area contributed by atoms with Gasteiger partial charge in [0.15, 0.2) is 5.65 Å². The van der Waals surface area contributed by atoms with E-state index in [2.05, 4.69) is 15.0 Å². The quantitative estimate of drug-likeness (QED) is 0.511. The minimum absolute atomic E-state index is 0.0303. The summed E-state index contributed by atoms with van der Waals surface area (Å²) < 4.78 is 52.0. The van der Waals surface area contributed by atoms with E-state index in [9.17, 15) is 13.2 Å². The van der Waals surface area contributed by atoms with Crippen LogP contribution in [-0.2, 0) is 10.2 Å². The summed E-state index contributed by atoms with van der Waals surface area (Å²) in [6.45, 7) is 4.22. The largest absolute Gasteiger partial charge is 0.481 e. The number of hydrogen-bond acceptors (Lipinski definition) is 7. The summed E-state index contributed by atoms with van der Waals surface area (Å²) in [4.78, 5) is 23.5. The summed E-state index contributed by atoms with van der Waals surface area (Å²) in [5.74, 6) is 1.09. The van der Waals surface area contributed by atoms with E-state index in [1.165, 1.54) is 0 Å². The summed E-state index contributed by atoms with van der Waals surface area (Å²) in [5, 5.41) is 0. The van der Waals surface area contributed by atoms with Crippen molar-refractivity contribution in [2.45, 2.75) is 69.6 Å². The molecular weight excluding hydrogens is 459 g/mol. The lowest BCUT2D eigenvalue weighted by atomic mass is 9.34. The SMILES string of the molecule is COc1cccc([C@@H]2C[C@@H](c3nc(C45CC(C(F)(F)F)(C4)C5)c4nc(C)c(C)nc4n3)CCO2)n1. The van der Waals surface area contributed by atoms with Gasteiger partial charge >= 0.3 is 6.18 Å². The molecule has 1 aliphatic heterocycles. The van der Waals surface area contributed by atoms with E-state index in [4.69, 9.17) is 19.4 Å². The fourth-order valence-corrected chi connectivity index (χ4v) is 5.98. The summed E-state index contributed by atoms with van der Waals surface area (Å²) in [7, 11) is 1.57. The van der Waals surface area contributed by atoms with E-state index < -0.39 is 17.0 Å². The molecule has 3 aromatic rings. The maximum Gasteiger partial charge on any atom is 0.394 e. The molecule has 7 rings (SSSR count). The Hall–Kier alpha value is -2.88. The van der Waals surface area contributed by atoms with Crippen LogP contribution in [-0.4, -0.2) is 44.8 Å². The molecule has 35 heavy (non-hydrogen) atoms. The monoisotopic (exact) mass is 485 g/mol. The standard InChI is InChI=1S/C25H26F3N5O2/c1-13-14(2)30-22-19(29-13)20(23-10-24(11-23,12-23)25(26,27)28)32-21(33-22)15-7-8-35-17(9-15)16-5-4-6-18(31-16)34-3/h4-6,15,17H,7-12H2,1-3H3/t15-,17-,23?,24?/m0/s1. The number of hydrogen-bond donors (Lipinski definition) is 0. The van der Waals surface area contributed by atoms with Crippen LogP contribution in [0.3, 0.4) is 0 Å². The van der Waals surface area contributed by atoms with E-state index in [-0.39, 0.29) is 31.3 Å². The molecule has 0 amide bonds. The first-order chi connectivity index (χ1) is 16.6. The van der Waals surface area contributed by atoms with E-state index >= 15 is 0 Å². The third-order valence-corrected chi connectivity index (χ3v) is 8.03. The number of ether oxygens (including phenoxy) is 2. The highest BCUT2D eigenvalue weighted by atomic mass is 19.4. The minimum atomic E-state index is -4.18. The number of pyridine rings is 1. The fraction of sp³-hybridized carbons (Fsp3) is 0.560. The van der Waals surface area contributed by atoms with Gasteiger partial charge in [0, 0.05) is 24.0 Å². The summed E-state index contributed by atoms with van der Waals surface area (Å²) in [6.07, 6.45) is -2.92. The fourth-order valence-electron chi connectivity index (χ4n) is 5.98. The average molecular weight is 486 g/mol. The number of methoxy groups -OCH3 is 1. The zero-order valence-corrected chi connectivity index (χ0v) is 19.8. The molecule has 4 fully saturated rings. The van der Waals surface area contributed by atoms with Gasteiger partial charge in [-0.05, 0) is 52.0 Å². The maximum absolute atomic E-state index is 13.6. The summed E-state index contributed by atoms with van der Waals surface area (Å²) in [5.41, 5.74) is 1.71. The smallest absolute Gasteiger partial charge is 0.394 e. The van der Waals surface area contributed by atoms with E-state index in [0.29, 0.717) is 48.0 Å². The Morgan fingerprint density at radius 2 is 1.74 bits per heavy atom. The molecule has 3 aliphatic carbocycles. The van der Waals surface area contributed by atoms with Crippen molar-refractivity contribution < 1.29 is 22.6 Å². The molecule has 184 valence electrons. The molecule has 2 bridgehead atoms. The number of aryl methyl sites for hydroxylation is 2. The van der Waals surface area contributed by atoms with Crippen molar-refractivity contribution >= 4 is 11.2 Å². The lowest BCUT2D eigenvalue weighted by molar-refractivity contribution is -0.337. The summed E-state index contributed by atoms with van der Waals surface area (Å²) in [6, 6.07) is 5.56. The Bertz CT molecular complexity index is 1310. The van der Waals surface area contributed by atoms with Crippen molar-refractivity contribution in [1.82, 2.24) is 24.9 Å². The lowest BCUT2D eigenvalue weighted by Crippen LogP contribution is -2.70. The van der Waals surface area contributed by atoms with Crippen LogP contribution in [0.5, 0.6) is 5.88 Å². The van der Waals surface area contributed by atoms with E-state index in [1.807, 2.05) is 26.0 Å². The molecule has 0 aromatic carbocycles. The van der Waals surface area contributed by atoms with Gasteiger partial charge in [-0.1, -0.05) is 6.07 Å². The first-order valence-corrected chi connectivity index (χ1v) is 11.9. The van der Waals surface area contributed by atoms with Gasteiger partial charge < -0.3 is 9.47 Å². The molecule has 3 aromatic heterocycles. The number of fused-ring (bicyclic) bond motifs is 1. The molecule has 0 radical (unpaired) electrons. The molecule has 2 atom stereocenters. The molecule has 0 spiro atoms. The zero-order valence-electron chi connectivity index (χ0n) is 19.8. The number of rotatable bonds is 4. The molecule has 4 aliphatic rings. The van der Waals surface area contributed by atoms with Crippen molar-refractivity contribution in [3.05, 3.63) is 46.8 Å². The van der Waals surface area contributed by atoms with Gasteiger partial charge in [0.1, 0.15) is 17.4 Å². The Labute approximate surface area is 200 Å². The molecule has 3 saturated carbocycles. The van der Waals surface area contributed by atoms with E-state index in [1.54, 1.807) is 13.2 Å². The minimum Gasteiger partial charge on any atom is -0.481 e. The highest BCUT2D eigenvalue weighted by Gasteiger charge is 2.79. The number of nitrogens with zero attached hydrogens (tertiary/aromatic N) is 5. The van der Waals surface area contributed by atoms with Gasteiger partial charge in [-0.3, -0.25) is 0 Å². The van der Waals surface area contributed by atoms with Crippen LogP contribution in [0.15, 0.2) is 18.2 Å². The van der Waals surface area contributed by atoms with Crippen LogP contribution in [0, 0.1) is 19.3 Å². The molecule has 1 saturated heterocycles. The number of halogens is 3. The van der Waals surface area contributed by atoms with Crippen molar-refractivity contribution in [2.75, 3.05) is 13.7 Å². The van der Waals surface area contributed by atoms with Crippen molar-refractivity contribution in [3.63, 3.8) is 0 Å². The second kappa shape index (κ2) is 7.56. The normalized spacial score (nSPS) is 30.0. The number of aromatic nitrogens is 5.